The minimum absolute atomic E-state index is 0.0695. The number of likely N-dealkylation sites (tertiary alicyclic amines) is 1. The van der Waals surface area contributed by atoms with Crippen LogP contribution in [-0.4, -0.2) is 40.3 Å². The number of para-hydroxylation sites is 1. The van der Waals surface area contributed by atoms with Gasteiger partial charge in [-0.2, -0.15) is 5.10 Å². The van der Waals surface area contributed by atoms with Gasteiger partial charge in [-0.15, -0.1) is 0 Å². The lowest BCUT2D eigenvalue weighted by atomic mass is 9.98. The molecule has 0 radical (unpaired) electrons. The summed E-state index contributed by atoms with van der Waals surface area (Å²) >= 11 is 0. The van der Waals surface area contributed by atoms with E-state index in [-0.39, 0.29) is 17.3 Å². The van der Waals surface area contributed by atoms with E-state index in [1.54, 1.807) is 0 Å². The van der Waals surface area contributed by atoms with Crippen LogP contribution < -0.4 is 5.43 Å². The molecule has 1 fully saturated rings. The van der Waals surface area contributed by atoms with Gasteiger partial charge in [0.2, 0.25) is 5.43 Å². The number of aromatic nitrogens is 2. The highest BCUT2D eigenvalue weighted by atomic mass is 16.5. The fourth-order valence-electron chi connectivity index (χ4n) is 3.10. The molecule has 0 aliphatic carbocycles. The lowest BCUT2D eigenvalue weighted by Gasteiger charge is -2.31. The van der Waals surface area contributed by atoms with Gasteiger partial charge in [-0.3, -0.25) is 19.2 Å². The van der Waals surface area contributed by atoms with Crippen molar-refractivity contribution in [2.45, 2.75) is 26.4 Å². The third-order valence-electron chi connectivity index (χ3n) is 4.22. The molecule has 0 bridgehead atoms. The minimum Gasteiger partial charge on any atom is -0.466 e. The lowest BCUT2D eigenvalue weighted by Crippen LogP contribution is -2.40. The number of rotatable bonds is 4. The van der Waals surface area contributed by atoms with Crippen LogP contribution in [0.5, 0.6) is 0 Å². The van der Waals surface area contributed by atoms with Gasteiger partial charge in [-0.25, -0.2) is 0 Å². The molecular formula is C17H21N3O3. The number of fused-ring (bicyclic) bond motifs is 1. The van der Waals surface area contributed by atoms with Crippen LogP contribution in [0.2, 0.25) is 0 Å². The van der Waals surface area contributed by atoms with E-state index in [0.29, 0.717) is 25.2 Å². The van der Waals surface area contributed by atoms with Gasteiger partial charge < -0.3 is 4.74 Å². The molecule has 1 aromatic carbocycles. The molecule has 2 heterocycles. The Morgan fingerprint density at radius 3 is 3.04 bits per heavy atom. The topological polar surface area (TPSA) is 64.4 Å². The highest BCUT2D eigenvalue weighted by molar-refractivity contribution is 5.77. The summed E-state index contributed by atoms with van der Waals surface area (Å²) in [4.78, 5) is 26.0. The summed E-state index contributed by atoms with van der Waals surface area (Å²) in [5, 5.41) is 4.92. The summed E-state index contributed by atoms with van der Waals surface area (Å²) < 4.78 is 6.96. The predicted molar refractivity (Wildman–Crippen MR) is 86.9 cm³/mol. The van der Waals surface area contributed by atoms with E-state index in [9.17, 15) is 9.59 Å². The molecule has 23 heavy (non-hydrogen) atoms. The Bertz CT molecular complexity index is 756. The Morgan fingerprint density at radius 1 is 1.39 bits per heavy atom. The third kappa shape index (κ3) is 3.42. The molecule has 1 atom stereocenters. The Kier molecular flexibility index (Phi) is 4.71. The molecule has 1 aliphatic heterocycles. The van der Waals surface area contributed by atoms with Crippen LogP contribution in [-0.2, 0) is 16.2 Å². The van der Waals surface area contributed by atoms with E-state index < -0.39 is 0 Å². The van der Waals surface area contributed by atoms with Crippen LogP contribution in [0, 0.1) is 5.92 Å². The number of carbonyl (C=O) groups is 1. The Balaban J connectivity index is 1.78. The van der Waals surface area contributed by atoms with E-state index in [4.69, 9.17) is 4.74 Å². The molecule has 1 aliphatic rings. The van der Waals surface area contributed by atoms with E-state index in [1.165, 1.54) is 6.20 Å². The first-order valence-electron chi connectivity index (χ1n) is 8.03. The number of piperidine rings is 1. The van der Waals surface area contributed by atoms with Crippen molar-refractivity contribution in [1.29, 1.82) is 0 Å². The van der Waals surface area contributed by atoms with Gasteiger partial charge in [-0.1, -0.05) is 12.1 Å². The minimum atomic E-state index is -0.116. The molecule has 6 heteroatoms. The average Bonchev–Trinajstić information content (AvgIpc) is 2.58. The summed E-state index contributed by atoms with van der Waals surface area (Å²) in [6.45, 7) is 4.39. The normalized spacial score (nSPS) is 18.9. The van der Waals surface area contributed by atoms with Gasteiger partial charge in [0, 0.05) is 11.9 Å². The Morgan fingerprint density at radius 2 is 2.22 bits per heavy atom. The molecule has 0 amide bonds. The van der Waals surface area contributed by atoms with Crippen LogP contribution in [0.4, 0.5) is 0 Å². The van der Waals surface area contributed by atoms with Crippen LogP contribution in [0.1, 0.15) is 19.8 Å². The highest BCUT2D eigenvalue weighted by Crippen LogP contribution is 2.19. The van der Waals surface area contributed by atoms with Gasteiger partial charge in [0.15, 0.2) is 0 Å². The van der Waals surface area contributed by atoms with Gasteiger partial charge in [-0.05, 0) is 38.4 Å². The summed E-state index contributed by atoms with van der Waals surface area (Å²) in [6, 6.07) is 7.47. The highest BCUT2D eigenvalue weighted by Gasteiger charge is 2.27. The third-order valence-corrected chi connectivity index (χ3v) is 4.22. The number of hydrogen-bond acceptors (Lipinski definition) is 5. The van der Waals surface area contributed by atoms with Crippen molar-refractivity contribution >= 4 is 16.9 Å². The maximum Gasteiger partial charge on any atom is 0.310 e. The standard InChI is InChI=1S/C17H21N3O3/c1-2-23-17(22)13-6-5-9-19(11-13)12-20-15-8-4-3-7-14(15)16(21)10-18-20/h3-4,7-8,10,13H,2,5-6,9,11-12H2,1H3/t13-/m0/s1. The molecule has 0 N–H and O–H groups in total. The summed E-state index contributed by atoms with van der Waals surface area (Å²) in [5.41, 5.74) is 0.748. The van der Waals surface area contributed by atoms with Crippen molar-refractivity contribution in [1.82, 2.24) is 14.7 Å². The second kappa shape index (κ2) is 6.91. The van der Waals surface area contributed by atoms with Crippen LogP contribution in [0.15, 0.2) is 35.3 Å². The zero-order chi connectivity index (χ0) is 16.2. The van der Waals surface area contributed by atoms with Gasteiger partial charge in [0.25, 0.3) is 0 Å². The lowest BCUT2D eigenvalue weighted by molar-refractivity contribution is -0.150. The summed E-state index contributed by atoms with van der Waals surface area (Å²) in [7, 11) is 0. The number of nitrogens with zero attached hydrogens (tertiary/aromatic N) is 3. The molecule has 1 saturated heterocycles. The van der Waals surface area contributed by atoms with Gasteiger partial charge >= 0.3 is 5.97 Å². The van der Waals surface area contributed by atoms with Gasteiger partial charge in [0.1, 0.15) is 0 Å². The predicted octanol–water partition coefficient (Wildman–Crippen LogP) is 1.63. The van der Waals surface area contributed by atoms with E-state index in [0.717, 1.165) is 24.9 Å². The number of ether oxygens (including phenoxy) is 1. The molecule has 0 unspecified atom stereocenters. The molecule has 1 aromatic heterocycles. The Labute approximate surface area is 134 Å². The zero-order valence-corrected chi connectivity index (χ0v) is 13.3. The van der Waals surface area contributed by atoms with E-state index >= 15 is 0 Å². The largest absolute Gasteiger partial charge is 0.466 e. The first-order chi connectivity index (χ1) is 11.2. The second-order valence-electron chi connectivity index (χ2n) is 5.84. The van der Waals surface area contributed by atoms with Crippen molar-refractivity contribution < 1.29 is 9.53 Å². The van der Waals surface area contributed by atoms with Crippen LogP contribution in [0.3, 0.4) is 0 Å². The van der Waals surface area contributed by atoms with Crippen molar-refractivity contribution in [3.05, 3.63) is 40.7 Å². The fraction of sp³-hybridized carbons (Fsp3) is 0.471. The maximum atomic E-state index is 11.9. The van der Waals surface area contributed by atoms with Gasteiger partial charge in [0.05, 0.1) is 30.9 Å². The molecular weight excluding hydrogens is 294 g/mol. The molecule has 2 aromatic rings. The van der Waals surface area contributed by atoms with E-state index in [2.05, 4.69) is 10.00 Å². The number of esters is 1. The van der Waals surface area contributed by atoms with Crippen LogP contribution >= 0.6 is 0 Å². The van der Waals surface area contributed by atoms with Crippen molar-refractivity contribution in [3.63, 3.8) is 0 Å². The van der Waals surface area contributed by atoms with Crippen LogP contribution in [0.25, 0.3) is 10.9 Å². The van der Waals surface area contributed by atoms with Crippen molar-refractivity contribution in [2.24, 2.45) is 5.92 Å². The molecule has 122 valence electrons. The first-order valence-corrected chi connectivity index (χ1v) is 8.03. The molecule has 0 saturated carbocycles. The second-order valence-corrected chi connectivity index (χ2v) is 5.84. The number of hydrogen-bond donors (Lipinski definition) is 0. The smallest absolute Gasteiger partial charge is 0.310 e. The molecule has 0 spiro atoms. The average molecular weight is 315 g/mol. The number of benzene rings is 1. The maximum absolute atomic E-state index is 11.9. The van der Waals surface area contributed by atoms with Crippen molar-refractivity contribution in [3.8, 4) is 0 Å². The summed E-state index contributed by atoms with van der Waals surface area (Å²) in [5.74, 6) is -0.190. The monoisotopic (exact) mass is 315 g/mol. The quantitative estimate of drug-likeness (QED) is 0.802. The summed E-state index contributed by atoms with van der Waals surface area (Å²) in [6.07, 6.45) is 3.18. The molecule has 6 nitrogen and oxygen atoms in total. The molecule has 3 rings (SSSR count). The number of carbonyl (C=O) groups excluding carboxylic acids is 1. The van der Waals surface area contributed by atoms with E-state index in [1.807, 2.05) is 35.9 Å². The fourth-order valence-corrected chi connectivity index (χ4v) is 3.10. The SMILES string of the molecule is CCOC(=O)[C@H]1CCCN(Cn2ncc(=O)c3ccccc32)C1. The van der Waals surface area contributed by atoms with Crippen molar-refractivity contribution in [2.75, 3.05) is 19.7 Å². The first kappa shape index (κ1) is 15.7. The Hall–Kier alpha value is -2.21. The zero-order valence-electron chi connectivity index (χ0n) is 13.3.